The van der Waals surface area contributed by atoms with Gasteiger partial charge in [-0.15, -0.1) is 0 Å². The number of nitrogens with two attached hydrogens (primary N) is 1. The summed E-state index contributed by atoms with van der Waals surface area (Å²) in [4.78, 5) is 11.3. The molecule has 1 aromatic carbocycles. The lowest BCUT2D eigenvalue weighted by molar-refractivity contribution is -0.142. The number of esters is 1. The molecule has 0 aliphatic rings. The SMILES string of the molecule is COC(=O)C(N)CC(C)C(C)c1cccc(O)c1. The van der Waals surface area contributed by atoms with Crippen molar-refractivity contribution in [1.82, 2.24) is 0 Å². The van der Waals surface area contributed by atoms with Crippen molar-refractivity contribution >= 4 is 5.97 Å². The smallest absolute Gasteiger partial charge is 0.322 e. The van der Waals surface area contributed by atoms with E-state index in [1.54, 1.807) is 12.1 Å². The Morgan fingerprint density at radius 1 is 1.44 bits per heavy atom. The van der Waals surface area contributed by atoms with Gasteiger partial charge in [0.2, 0.25) is 0 Å². The maximum Gasteiger partial charge on any atom is 0.322 e. The summed E-state index contributed by atoms with van der Waals surface area (Å²) in [6.45, 7) is 4.10. The van der Waals surface area contributed by atoms with Gasteiger partial charge in [0, 0.05) is 0 Å². The minimum atomic E-state index is -0.593. The molecule has 4 nitrogen and oxygen atoms in total. The highest BCUT2D eigenvalue weighted by atomic mass is 16.5. The van der Waals surface area contributed by atoms with Gasteiger partial charge in [-0.1, -0.05) is 26.0 Å². The summed E-state index contributed by atoms with van der Waals surface area (Å²) in [5.41, 5.74) is 6.79. The highest BCUT2D eigenvalue weighted by Gasteiger charge is 2.22. The van der Waals surface area contributed by atoms with Crippen LogP contribution in [0, 0.1) is 5.92 Å². The minimum absolute atomic E-state index is 0.216. The second kappa shape index (κ2) is 6.40. The van der Waals surface area contributed by atoms with Crippen molar-refractivity contribution in [3.63, 3.8) is 0 Å². The fourth-order valence-corrected chi connectivity index (χ4v) is 1.99. The van der Waals surface area contributed by atoms with Crippen LogP contribution >= 0.6 is 0 Å². The second-order valence-corrected chi connectivity index (χ2v) is 4.73. The molecule has 4 heteroatoms. The molecular weight excluding hydrogens is 230 g/mol. The van der Waals surface area contributed by atoms with Gasteiger partial charge in [0.05, 0.1) is 7.11 Å². The van der Waals surface area contributed by atoms with Gasteiger partial charge in [-0.3, -0.25) is 4.79 Å². The van der Waals surface area contributed by atoms with E-state index in [0.29, 0.717) is 6.42 Å². The van der Waals surface area contributed by atoms with Crippen LogP contribution in [0.25, 0.3) is 0 Å². The number of benzene rings is 1. The summed E-state index contributed by atoms with van der Waals surface area (Å²) in [7, 11) is 1.34. The van der Waals surface area contributed by atoms with Crippen LogP contribution in [-0.4, -0.2) is 24.2 Å². The van der Waals surface area contributed by atoms with Gasteiger partial charge in [-0.05, 0) is 36.0 Å². The number of phenolic OH excluding ortho intramolecular Hbond substituents is 1. The molecule has 0 amide bonds. The fraction of sp³-hybridized carbons (Fsp3) is 0.500. The molecule has 0 saturated carbocycles. The highest BCUT2D eigenvalue weighted by molar-refractivity contribution is 5.75. The van der Waals surface area contributed by atoms with E-state index in [9.17, 15) is 9.90 Å². The zero-order valence-corrected chi connectivity index (χ0v) is 11.1. The number of hydrogen-bond donors (Lipinski definition) is 2. The quantitative estimate of drug-likeness (QED) is 0.785. The third-order valence-electron chi connectivity index (χ3n) is 3.38. The van der Waals surface area contributed by atoms with Gasteiger partial charge in [-0.25, -0.2) is 0 Å². The molecule has 1 aromatic rings. The topological polar surface area (TPSA) is 72.5 Å². The Labute approximate surface area is 108 Å². The normalized spacial score (nSPS) is 15.8. The molecule has 0 radical (unpaired) electrons. The maximum atomic E-state index is 11.3. The molecule has 0 saturated heterocycles. The first-order valence-electron chi connectivity index (χ1n) is 6.08. The number of carbonyl (C=O) groups is 1. The standard InChI is InChI=1S/C14H21NO3/c1-9(7-13(15)14(17)18-3)10(2)11-5-4-6-12(16)8-11/h4-6,8-10,13,16H,7,15H2,1-3H3. The Bertz CT molecular complexity index is 406. The number of phenols is 1. The number of aromatic hydroxyl groups is 1. The summed E-state index contributed by atoms with van der Waals surface area (Å²) in [6, 6.07) is 6.56. The van der Waals surface area contributed by atoms with Crippen LogP contribution in [0.15, 0.2) is 24.3 Å². The summed E-state index contributed by atoms with van der Waals surface area (Å²) < 4.78 is 4.61. The Morgan fingerprint density at radius 2 is 2.11 bits per heavy atom. The van der Waals surface area contributed by atoms with Gasteiger partial charge < -0.3 is 15.6 Å². The summed E-state index contributed by atoms with van der Waals surface area (Å²) in [5, 5.41) is 9.45. The van der Waals surface area contributed by atoms with E-state index in [-0.39, 0.29) is 23.6 Å². The van der Waals surface area contributed by atoms with Crippen LogP contribution in [0.4, 0.5) is 0 Å². The van der Waals surface area contributed by atoms with E-state index < -0.39 is 6.04 Å². The van der Waals surface area contributed by atoms with Crippen molar-refractivity contribution < 1.29 is 14.6 Å². The molecule has 3 atom stereocenters. The van der Waals surface area contributed by atoms with Crippen molar-refractivity contribution in [3.05, 3.63) is 29.8 Å². The molecule has 0 fully saturated rings. The van der Waals surface area contributed by atoms with Crippen LogP contribution in [0.3, 0.4) is 0 Å². The largest absolute Gasteiger partial charge is 0.508 e. The molecule has 1 rings (SSSR count). The van der Waals surface area contributed by atoms with Crippen molar-refractivity contribution in [1.29, 1.82) is 0 Å². The Balaban J connectivity index is 2.66. The molecule has 0 aliphatic heterocycles. The van der Waals surface area contributed by atoms with Crippen LogP contribution in [0.5, 0.6) is 5.75 Å². The minimum Gasteiger partial charge on any atom is -0.508 e. The van der Waals surface area contributed by atoms with E-state index in [1.807, 2.05) is 19.1 Å². The predicted molar refractivity (Wildman–Crippen MR) is 70.3 cm³/mol. The van der Waals surface area contributed by atoms with Crippen molar-refractivity contribution in [2.75, 3.05) is 7.11 Å². The number of carbonyl (C=O) groups excluding carboxylic acids is 1. The third kappa shape index (κ3) is 3.74. The first-order chi connectivity index (χ1) is 8.45. The van der Waals surface area contributed by atoms with Crippen molar-refractivity contribution in [2.45, 2.75) is 32.2 Å². The van der Waals surface area contributed by atoms with Crippen molar-refractivity contribution in [3.8, 4) is 5.75 Å². The average Bonchev–Trinajstić information content (AvgIpc) is 2.36. The molecule has 100 valence electrons. The number of methoxy groups -OCH3 is 1. The van der Waals surface area contributed by atoms with Gasteiger partial charge in [-0.2, -0.15) is 0 Å². The van der Waals surface area contributed by atoms with Crippen molar-refractivity contribution in [2.24, 2.45) is 11.7 Å². The molecule has 0 spiro atoms. The van der Waals surface area contributed by atoms with E-state index in [0.717, 1.165) is 5.56 Å². The molecule has 3 N–H and O–H groups in total. The monoisotopic (exact) mass is 251 g/mol. The Morgan fingerprint density at radius 3 is 2.67 bits per heavy atom. The van der Waals surface area contributed by atoms with E-state index in [4.69, 9.17) is 5.73 Å². The fourth-order valence-electron chi connectivity index (χ4n) is 1.99. The predicted octanol–water partition coefficient (Wildman–Crippen LogP) is 2.02. The third-order valence-corrected chi connectivity index (χ3v) is 3.38. The summed E-state index contributed by atoms with van der Waals surface area (Å²) in [5.74, 6) is 0.308. The number of ether oxygens (including phenoxy) is 1. The lowest BCUT2D eigenvalue weighted by Gasteiger charge is -2.22. The number of hydrogen-bond acceptors (Lipinski definition) is 4. The maximum absolute atomic E-state index is 11.3. The van der Waals surface area contributed by atoms with Gasteiger partial charge in [0.1, 0.15) is 11.8 Å². The zero-order valence-electron chi connectivity index (χ0n) is 11.1. The molecule has 0 heterocycles. The molecular formula is C14H21NO3. The first-order valence-corrected chi connectivity index (χ1v) is 6.08. The highest BCUT2D eigenvalue weighted by Crippen LogP contribution is 2.29. The van der Waals surface area contributed by atoms with E-state index >= 15 is 0 Å². The van der Waals surface area contributed by atoms with Gasteiger partial charge in [0.25, 0.3) is 0 Å². The Kier molecular flexibility index (Phi) is 5.16. The summed E-state index contributed by atoms with van der Waals surface area (Å²) in [6.07, 6.45) is 0.559. The first kappa shape index (κ1) is 14.5. The van der Waals surface area contributed by atoms with E-state index in [2.05, 4.69) is 11.7 Å². The zero-order chi connectivity index (χ0) is 13.7. The van der Waals surface area contributed by atoms with Crippen LogP contribution < -0.4 is 5.73 Å². The summed E-state index contributed by atoms with van der Waals surface area (Å²) >= 11 is 0. The molecule has 3 unspecified atom stereocenters. The molecule has 0 aliphatic carbocycles. The van der Waals surface area contributed by atoms with Gasteiger partial charge in [0.15, 0.2) is 0 Å². The lowest BCUT2D eigenvalue weighted by atomic mass is 9.85. The lowest BCUT2D eigenvalue weighted by Crippen LogP contribution is -2.34. The van der Waals surface area contributed by atoms with E-state index in [1.165, 1.54) is 7.11 Å². The van der Waals surface area contributed by atoms with Gasteiger partial charge >= 0.3 is 5.97 Å². The van der Waals surface area contributed by atoms with Crippen LogP contribution in [0.1, 0.15) is 31.7 Å². The number of rotatable bonds is 5. The molecule has 18 heavy (non-hydrogen) atoms. The average molecular weight is 251 g/mol. The van der Waals surface area contributed by atoms with Crippen LogP contribution in [-0.2, 0) is 9.53 Å². The van der Waals surface area contributed by atoms with Crippen LogP contribution in [0.2, 0.25) is 0 Å². The molecule has 0 aromatic heterocycles. The Hall–Kier alpha value is -1.55. The second-order valence-electron chi connectivity index (χ2n) is 4.73. The molecule has 0 bridgehead atoms.